The van der Waals surface area contributed by atoms with Crippen molar-refractivity contribution in [3.63, 3.8) is 0 Å². The molecular weight excluding hydrogens is 331 g/mol. The van der Waals surface area contributed by atoms with Gasteiger partial charge in [-0.1, -0.05) is 36.4 Å². The number of ketones is 1. The van der Waals surface area contributed by atoms with E-state index in [4.69, 9.17) is 0 Å². The van der Waals surface area contributed by atoms with Gasteiger partial charge >= 0.3 is 0 Å². The monoisotopic (exact) mass is 354 g/mol. The summed E-state index contributed by atoms with van der Waals surface area (Å²) in [6, 6.07) is 14.2. The van der Waals surface area contributed by atoms with Gasteiger partial charge in [-0.05, 0) is 43.9 Å². The van der Waals surface area contributed by atoms with Gasteiger partial charge in [0, 0.05) is 18.8 Å². The molecule has 1 aliphatic heterocycles. The fourth-order valence-corrected chi connectivity index (χ4v) is 3.40. The van der Waals surface area contributed by atoms with Crippen LogP contribution in [-0.4, -0.2) is 35.7 Å². The summed E-state index contributed by atoms with van der Waals surface area (Å²) in [6.07, 6.45) is 2.49. The number of carbonyl (C=O) groups is 2. The summed E-state index contributed by atoms with van der Waals surface area (Å²) in [7, 11) is 0. The molecule has 1 amide bonds. The number of anilines is 1. The molecule has 1 saturated heterocycles. The molecular formula is C21H23FN2O2. The lowest BCUT2D eigenvalue weighted by Gasteiger charge is -2.18. The molecule has 136 valence electrons. The standard InChI is InChI=1S/C21H23FN2O2/c1-15(25)20-17(22)10-5-11-18(20)23-19-12-14-24(21(19)26)13-6-9-16-7-3-2-4-8-16/h2-5,7-8,10-11,19,23H,6,9,12-14H2,1H3. The smallest absolute Gasteiger partial charge is 0.245 e. The molecule has 3 rings (SSSR count). The molecule has 1 fully saturated rings. The predicted octanol–water partition coefficient (Wildman–Crippen LogP) is 3.67. The van der Waals surface area contributed by atoms with Crippen molar-refractivity contribution in [3.8, 4) is 0 Å². The topological polar surface area (TPSA) is 49.4 Å². The van der Waals surface area contributed by atoms with E-state index in [0.717, 1.165) is 12.8 Å². The Hall–Kier alpha value is -2.69. The summed E-state index contributed by atoms with van der Waals surface area (Å²) >= 11 is 0. The van der Waals surface area contributed by atoms with Crippen LogP contribution in [0.15, 0.2) is 48.5 Å². The molecule has 1 atom stereocenters. The van der Waals surface area contributed by atoms with Crippen molar-refractivity contribution in [3.05, 3.63) is 65.5 Å². The van der Waals surface area contributed by atoms with Gasteiger partial charge in [-0.3, -0.25) is 9.59 Å². The Morgan fingerprint density at radius 3 is 2.69 bits per heavy atom. The number of hydrogen-bond donors (Lipinski definition) is 1. The quantitative estimate of drug-likeness (QED) is 0.772. The van der Waals surface area contributed by atoms with Gasteiger partial charge in [-0.15, -0.1) is 0 Å². The minimum Gasteiger partial charge on any atom is -0.373 e. The van der Waals surface area contributed by atoms with E-state index in [-0.39, 0.29) is 17.3 Å². The number of halogens is 1. The zero-order valence-corrected chi connectivity index (χ0v) is 14.9. The molecule has 0 aromatic heterocycles. The number of rotatable bonds is 7. The second kappa shape index (κ2) is 8.13. The van der Waals surface area contributed by atoms with E-state index in [1.54, 1.807) is 12.1 Å². The van der Waals surface area contributed by atoms with Gasteiger partial charge < -0.3 is 10.2 Å². The third kappa shape index (κ3) is 4.10. The van der Waals surface area contributed by atoms with Crippen molar-refractivity contribution in [2.75, 3.05) is 18.4 Å². The first kappa shape index (κ1) is 18.1. The highest BCUT2D eigenvalue weighted by molar-refractivity contribution is 6.00. The van der Waals surface area contributed by atoms with Crippen molar-refractivity contribution < 1.29 is 14.0 Å². The third-order valence-corrected chi connectivity index (χ3v) is 4.73. The largest absolute Gasteiger partial charge is 0.373 e. The first-order valence-electron chi connectivity index (χ1n) is 8.95. The van der Waals surface area contributed by atoms with Crippen LogP contribution in [0, 0.1) is 5.82 Å². The van der Waals surface area contributed by atoms with Crippen molar-refractivity contribution in [1.82, 2.24) is 4.90 Å². The van der Waals surface area contributed by atoms with E-state index in [0.29, 0.717) is 25.2 Å². The van der Waals surface area contributed by atoms with Gasteiger partial charge in [-0.2, -0.15) is 0 Å². The van der Waals surface area contributed by atoms with Crippen LogP contribution >= 0.6 is 0 Å². The summed E-state index contributed by atoms with van der Waals surface area (Å²) in [5.41, 5.74) is 1.67. The lowest BCUT2D eigenvalue weighted by molar-refractivity contribution is -0.128. The van der Waals surface area contributed by atoms with E-state index >= 15 is 0 Å². The van der Waals surface area contributed by atoms with Crippen molar-refractivity contribution >= 4 is 17.4 Å². The van der Waals surface area contributed by atoms with Crippen LogP contribution < -0.4 is 5.32 Å². The van der Waals surface area contributed by atoms with E-state index in [1.807, 2.05) is 23.1 Å². The third-order valence-electron chi connectivity index (χ3n) is 4.73. The van der Waals surface area contributed by atoms with Crippen LogP contribution in [0.1, 0.15) is 35.7 Å². The zero-order valence-electron chi connectivity index (χ0n) is 14.9. The minimum atomic E-state index is -0.562. The molecule has 2 aromatic carbocycles. The number of benzene rings is 2. The highest BCUT2D eigenvalue weighted by atomic mass is 19.1. The molecule has 0 saturated carbocycles. The number of amides is 1. The predicted molar refractivity (Wildman–Crippen MR) is 99.8 cm³/mol. The highest BCUT2D eigenvalue weighted by Crippen LogP contribution is 2.23. The maximum atomic E-state index is 13.9. The average molecular weight is 354 g/mol. The summed E-state index contributed by atoms with van der Waals surface area (Å²) in [6.45, 7) is 2.71. The second-order valence-corrected chi connectivity index (χ2v) is 6.62. The van der Waals surface area contributed by atoms with Crippen LogP contribution in [0.2, 0.25) is 0 Å². The highest BCUT2D eigenvalue weighted by Gasteiger charge is 2.31. The summed E-state index contributed by atoms with van der Waals surface area (Å²) in [5, 5.41) is 3.07. The molecule has 2 aromatic rings. The lowest BCUT2D eigenvalue weighted by Crippen LogP contribution is -2.34. The number of likely N-dealkylation sites (tertiary alicyclic amines) is 1. The lowest BCUT2D eigenvalue weighted by atomic mass is 10.1. The molecule has 0 bridgehead atoms. The number of hydrogen-bond acceptors (Lipinski definition) is 3. The van der Waals surface area contributed by atoms with Crippen LogP contribution in [-0.2, 0) is 11.2 Å². The first-order chi connectivity index (χ1) is 12.6. The van der Waals surface area contributed by atoms with Gasteiger partial charge in [0.2, 0.25) is 5.91 Å². The zero-order chi connectivity index (χ0) is 18.5. The van der Waals surface area contributed by atoms with Gasteiger partial charge in [0.05, 0.1) is 5.56 Å². The number of nitrogens with zero attached hydrogens (tertiary/aromatic N) is 1. The van der Waals surface area contributed by atoms with E-state index in [1.165, 1.54) is 18.6 Å². The summed E-state index contributed by atoms with van der Waals surface area (Å²) < 4.78 is 13.9. The molecule has 1 unspecified atom stereocenters. The average Bonchev–Trinajstić information content (AvgIpc) is 2.96. The van der Waals surface area contributed by atoms with Crippen molar-refractivity contribution in [2.45, 2.75) is 32.2 Å². The molecule has 1 heterocycles. The fourth-order valence-electron chi connectivity index (χ4n) is 3.40. The number of carbonyl (C=O) groups excluding carboxylic acids is 2. The molecule has 0 spiro atoms. The van der Waals surface area contributed by atoms with Crippen LogP contribution in [0.3, 0.4) is 0 Å². The Balaban J connectivity index is 1.58. The normalized spacial score (nSPS) is 16.8. The molecule has 0 radical (unpaired) electrons. The maximum absolute atomic E-state index is 13.9. The molecule has 1 N–H and O–H groups in total. The van der Waals surface area contributed by atoms with Gasteiger partial charge in [0.1, 0.15) is 11.9 Å². The molecule has 26 heavy (non-hydrogen) atoms. The van der Waals surface area contributed by atoms with Gasteiger partial charge in [0.15, 0.2) is 5.78 Å². The Morgan fingerprint density at radius 2 is 1.96 bits per heavy atom. The fraction of sp³-hybridized carbons (Fsp3) is 0.333. The second-order valence-electron chi connectivity index (χ2n) is 6.62. The van der Waals surface area contributed by atoms with Crippen LogP contribution in [0.5, 0.6) is 0 Å². The molecule has 4 nitrogen and oxygen atoms in total. The van der Waals surface area contributed by atoms with Crippen molar-refractivity contribution in [1.29, 1.82) is 0 Å². The summed E-state index contributed by atoms with van der Waals surface area (Å²) in [5.74, 6) is -0.903. The maximum Gasteiger partial charge on any atom is 0.245 e. The van der Waals surface area contributed by atoms with E-state index in [9.17, 15) is 14.0 Å². The van der Waals surface area contributed by atoms with Gasteiger partial charge in [-0.25, -0.2) is 4.39 Å². The number of aryl methyl sites for hydroxylation is 1. The first-order valence-corrected chi connectivity index (χ1v) is 8.95. The van der Waals surface area contributed by atoms with Crippen LogP contribution in [0.4, 0.5) is 10.1 Å². The molecule has 1 aliphatic rings. The Morgan fingerprint density at radius 1 is 1.19 bits per heavy atom. The number of nitrogens with one attached hydrogen (secondary N) is 1. The molecule has 0 aliphatic carbocycles. The van der Waals surface area contributed by atoms with Crippen LogP contribution in [0.25, 0.3) is 0 Å². The van der Waals surface area contributed by atoms with Gasteiger partial charge in [0.25, 0.3) is 0 Å². The SMILES string of the molecule is CC(=O)c1c(F)cccc1NC1CCN(CCCc2ccccc2)C1=O. The Labute approximate surface area is 153 Å². The summed E-state index contributed by atoms with van der Waals surface area (Å²) in [4.78, 5) is 26.2. The Bertz CT molecular complexity index is 792. The van der Waals surface area contributed by atoms with Crippen molar-refractivity contribution in [2.24, 2.45) is 0 Å². The Kier molecular flexibility index (Phi) is 5.66. The van der Waals surface area contributed by atoms with E-state index in [2.05, 4.69) is 17.4 Å². The molecule has 5 heteroatoms. The number of Topliss-reactive ketones (excluding diaryl/α,β-unsaturated/α-hetero) is 1. The minimum absolute atomic E-state index is 0.0109. The van der Waals surface area contributed by atoms with E-state index < -0.39 is 11.9 Å².